The maximum Gasteiger partial charge on any atom is 0.261 e. The van der Waals surface area contributed by atoms with Crippen molar-refractivity contribution in [1.29, 1.82) is 0 Å². The Hall–Kier alpha value is -2.41. The molecule has 26 heavy (non-hydrogen) atoms. The maximum absolute atomic E-state index is 13.1. The number of hydrogen-bond donors (Lipinski definition) is 2. The summed E-state index contributed by atoms with van der Waals surface area (Å²) < 4.78 is 19.2. The van der Waals surface area contributed by atoms with Gasteiger partial charge in [-0.2, -0.15) is 0 Å². The van der Waals surface area contributed by atoms with Crippen LogP contribution in [0.5, 0.6) is 5.75 Å². The molecule has 0 aliphatic carbocycles. The molecule has 0 aliphatic heterocycles. The zero-order chi connectivity index (χ0) is 19.3. The molecule has 2 atom stereocenters. The van der Waals surface area contributed by atoms with Crippen molar-refractivity contribution in [1.82, 2.24) is 5.32 Å². The summed E-state index contributed by atoms with van der Waals surface area (Å²) in [5.41, 5.74) is 1.51. The van der Waals surface area contributed by atoms with Crippen LogP contribution in [-0.2, 0) is 9.59 Å². The fourth-order valence-electron chi connectivity index (χ4n) is 2.32. The summed E-state index contributed by atoms with van der Waals surface area (Å²) in [6.07, 6.45) is -0.766. The quantitative estimate of drug-likeness (QED) is 0.732. The van der Waals surface area contributed by atoms with Crippen LogP contribution >= 0.6 is 15.9 Å². The van der Waals surface area contributed by atoms with Gasteiger partial charge in [0.25, 0.3) is 5.91 Å². The molecular formula is C19H20BrFN2O3. The Kier molecular flexibility index (Phi) is 6.74. The van der Waals surface area contributed by atoms with Crippen molar-refractivity contribution in [3.63, 3.8) is 0 Å². The molecular weight excluding hydrogens is 403 g/mol. The molecule has 138 valence electrons. The van der Waals surface area contributed by atoms with Crippen molar-refractivity contribution in [3.8, 4) is 5.75 Å². The van der Waals surface area contributed by atoms with Crippen LogP contribution in [0.3, 0.4) is 0 Å². The standard InChI is InChI=1S/C19H20BrFN2O3/c1-11(14-5-4-6-16(9-14)23-13(3)24)22-19(25)12(2)26-18-8-7-15(21)10-17(18)20/h4-12H,1-3H3,(H,22,25)(H,23,24)/t11-,12+/m0/s1. The normalized spacial score (nSPS) is 12.8. The number of anilines is 1. The predicted molar refractivity (Wildman–Crippen MR) is 101 cm³/mol. The zero-order valence-corrected chi connectivity index (χ0v) is 16.3. The molecule has 2 amide bonds. The van der Waals surface area contributed by atoms with Crippen molar-refractivity contribution in [3.05, 3.63) is 58.3 Å². The van der Waals surface area contributed by atoms with Gasteiger partial charge in [0.15, 0.2) is 6.10 Å². The van der Waals surface area contributed by atoms with Gasteiger partial charge in [0, 0.05) is 12.6 Å². The van der Waals surface area contributed by atoms with E-state index in [-0.39, 0.29) is 17.9 Å². The second-order valence-electron chi connectivity index (χ2n) is 5.87. The van der Waals surface area contributed by atoms with Gasteiger partial charge in [0.1, 0.15) is 11.6 Å². The van der Waals surface area contributed by atoms with Crippen molar-refractivity contribution < 1.29 is 18.7 Å². The van der Waals surface area contributed by atoms with Crippen LogP contribution in [0.25, 0.3) is 0 Å². The fourth-order valence-corrected chi connectivity index (χ4v) is 2.76. The number of benzene rings is 2. The maximum atomic E-state index is 13.1. The molecule has 0 unspecified atom stereocenters. The van der Waals surface area contributed by atoms with Crippen LogP contribution in [0.1, 0.15) is 32.4 Å². The third-order valence-corrected chi connectivity index (χ3v) is 4.25. The van der Waals surface area contributed by atoms with E-state index in [0.29, 0.717) is 15.9 Å². The summed E-state index contributed by atoms with van der Waals surface area (Å²) in [5, 5.41) is 5.57. The Morgan fingerprint density at radius 3 is 2.54 bits per heavy atom. The Morgan fingerprint density at radius 1 is 1.15 bits per heavy atom. The molecule has 2 aromatic rings. The first kappa shape index (κ1) is 19.9. The highest BCUT2D eigenvalue weighted by Gasteiger charge is 2.19. The van der Waals surface area contributed by atoms with Crippen LogP contribution in [-0.4, -0.2) is 17.9 Å². The summed E-state index contributed by atoms with van der Waals surface area (Å²) in [7, 11) is 0. The molecule has 0 spiro atoms. The third-order valence-electron chi connectivity index (χ3n) is 3.63. The second kappa shape index (κ2) is 8.80. The molecule has 0 saturated carbocycles. The molecule has 0 bridgehead atoms. The van der Waals surface area contributed by atoms with Crippen molar-refractivity contribution >= 4 is 33.4 Å². The molecule has 0 aromatic heterocycles. The number of carbonyl (C=O) groups is 2. The fraction of sp³-hybridized carbons (Fsp3) is 0.263. The predicted octanol–water partition coefficient (Wildman–Crippen LogP) is 4.19. The van der Waals surface area contributed by atoms with E-state index in [1.165, 1.54) is 25.1 Å². The Bertz CT molecular complexity index is 813. The van der Waals surface area contributed by atoms with Crippen molar-refractivity contribution in [2.24, 2.45) is 0 Å². The first-order chi connectivity index (χ1) is 12.3. The summed E-state index contributed by atoms with van der Waals surface area (Å²) in [5.74, 6) is -0.479. The average Bonchev–Trinajstić information content (AvgIpc) is 2.56. The first-order valence-corrected chi connectivity index (χ1v) is 8.85. The number of rotatable bonds is 6. The summed E-state index contributed by atoms with van der Waals surface area (Å²) in [4.78, 5) is 23.5. The smallest absolute Gasteiger partial charge is 0.261 e. The summed E-state index contributed by atoms with van der Waals surface area (Å²) in [6, 6.07) is 11.0. The average molecular weight is 423 g/mol. The summed E-state index contributed by atoms with van der Waals surface area (Å²) in [6.45, 7) is 4.89. The van der Waals surface area contributed by atoms with E-state index in [9.17, 15) is 14.0 Å². The largest absolute Gasteiger partial charge is 0.480 e. The second-order valence-corrected chi connectivity index (χ2v) is 6.73. The lowest BCUT2D eigenvalue weighted by atomic mass is 10.1. The SMILES string of the molecule is CC(=O)Nc1cccc([C@H](C)NC(=O)[C@@H](C)Oc2ccc(F)cc2Br)c1. The number of amides is 2. The Balaban J connectivity index is 2.00. The van der Waals surface area contributed by atoms with E-state index in [2.05, 4.69) is 26.6 Å². The van der Waals surface area contributed by atoms with Crippen LogP contribution in [0.2, 0.25) is 0 Å². The number of nitrogens with one attached hydrogen (secondary N) is 2. The van der Waals surface area contributed by atoms with Gasteiger partial charge < -0.3 is 15.4 Å². The highest BCUT2D eigenvalue weighted by molar-refractivity contribution is 9.10. The van der Waals surface area contributed by atoms with E-state index in [1.54, 1.807) is 25.1 Å². The zero-order valence-electron chi connectivity index (χ0n) is 14.7. The molecule has 2 N–H and O–H groups in total. The number of carbonyl (C=O) groups excluding carboxylic acids is 2. The Labute approximate surface area is 160 Å². The van der Waals surface area contributed by atoms with Crippen LogP contribution in [0, 0.1) is 5.82 Å². The summed E-state index contributed by atoms with van der Waals surface area (Å²) >= 11 is 3.21. The van der Waals surface area contributed by atoms with Gasteiger partial charge in [-0.25, -0.2) is 4.39 Å². The van der Waals surface area contributed by atoms with Gasteiger partial charge in [-0.15, -0.1) is 0 Å². The molecule has 5 nitrogen and oxygen atoms in total. The molecule has 0 saturated heterocycles. The number of hydrogen-bond acceptors (Lipinski definition) is 3. The van der Waals surface area contributed by atoms with Gasteiger partial charge in [-0.05, 0) is 65.7 Å². The minimum atomic E-state index is -0.766. The van der Waals surface area contributed by atoms with Gasteiger partial charge in [-0.3, -0.25) is 9.59 Å². The first-order valence-electron chi connectivity index (χ1n) is 8.06. The van der Waals surface area contributed by atoms with E-state index in [0.717, 1.165) is 5.56 Å². The molecule has 7 heteroatoms. The molecule has 0 heterocycles. The highest BCUT2D eigenvalue weighted by Crippen LogP contribution is 2.26. The highest BCUT2D eigenvalue weighted by atomic mass is 79.9. The van der Waals surface area contributed by atoms with E-state index in [4.69, 9.17) is 4.74 Å². The minimum Gasteiger partial charge on any atom is -0.480 e. The monoisotopic (exact) mass is 422 g/mol. The van der Waals surface area contributed by atoms with Crippen molar-refractivity contribution in [2.75, 3.05) is 5.32 Å². The van der Waals surface area contributed by atoms with E-state index in [1.807, 2.05) is 13.0 Å². The third kappa shape index (κ3) is 5.56. The molecule has 0 radical (unpaired) electrons. The van der Waals surface area contributed by atoms with Crippen LogP contribution in [0.15, 0.2) is 46.9 Å². The molecule has 2 rings (SSSR count). The van der Waals surface area contributed by atoms with Gasteiger partial charge in [0.05, 0.1) is 10.5 Å². The topological polar surface area (TPSA) is 67.4 Å². The lowest BCUT2D eigenvalue weighted by Gasteiger charge is -2.20. The lowest BCUT2D eigenvalue weighted by molar-refractivity contribution is -0.128. The van der Waals surface area contributed by atoms with Crippen LogP contribution < -0.4 is 15.4 Å². The molecule has 2 aromatic carbocycles. The van der Waals surface area contributed by atoms with Crippen LogP contribution in [0.4, 0.5) is 10.1 Å². The Morgan fingerprint density at radius 2 is 1.88 bits per heavy atom. The number of halogens is 2. The van der Waals surface area contributed by atoms with Gasteiger partial charge in [-0.1, -0.05) is 12.1 Å². The van der Waals surface area contributed by atoms with E-state index >= 15 is 0 Å². The number of ether oxygens (including phenoxy) is 1. The molecule has 0 aliphatic rings. The van der Waals surface area contributed by atoms with E-state index < -0.39 is 11.9 Å². The lowest BCUT2D eigenvalue weighted by Crippen LogP contribution is -2.37. The van der Waals surface area contributed by atoms with Crippen molar-refractivity contribution in [2.45, 2.75) is 32.9 Å². The minimum absolute atomic E-state index is 0.161. The van der Waals surface area contributed by atoms with Gasteiger partial charge in [0.2, 0.25) is 5.91 Å². The molecule has 0 fully saturated rings. The van der Waals surface area contributed by atoms with Gasteiger partial charge >= 0.3 is 0 Å².